The third-order valence-corrected chi connectivity index (χ3v) is 11.6. The number of halogens is 3. The van der Waals surface area contributed by atoms with E-state index in [-0.39, 0.29) is 28.4 Å². The van der Waals surface area contributed by atoms with Gasteiger partial charge in [-0.15, -0.1) is 0 Å². The Hall–Kier alpha value is -1.96. The molecule has 1 aromatic heterocycles. The van der Waals surface area contributed by atoms with Crippen molar-refractivity contribution in [1.29, 1.82) is 0 Å². The second-order valence-electron chi connectivity index (χ2n) is 12.0. The van der Waals surface area contributed by atoms with Gasteiger partial charge in [0.25, 0.3) is 5.56 Å². The van der Waals surface area contributed by atoms with Gasteiger partial charge in [-0.2, -0.15) is 13.2 Å². The first-order chi connectivity index (χ1) is 16.1. The van der Waals surface area contributed by atoms with Crippen LogP contribution < -0.4 is 16.6 Å². The van der Waals surface area contributed by atoms with Gasteiger partial charge in [-0.25, -0.2) is 4.79 Å². The van der Waals surface area contributed by atoms with Crippen LogP contribution in [0.5, 0.6) is 0 Å². The first kappa shape index (κ1) is 30.3. The molecule has 5 atom stereocenters. The number of hydrogen-bond donors (Lipinski definition) is 4. The molecule has 0 radical (unpaired) electrons. The number of nitrogens with zero attached hydrogens (tertiary/aromatic N) is 1. The van der Waals surface area contributed by atoms with Crippen molar-refractivity contribution in [1.82, 2.24) is 14.9 Å². The Bertz CT molecular complexity index is 1060. The van der Waals surface area contributed by atoms with Crippen LogP contribution in [0, 0.1) is 17.8 Å². The molecular weight excluding hydrogens is 499 g/mol. The lowest BCUT2D eigenvalue weighted by atomic mass is 9.76. The van der Waals surface area contributed by atoms with Gasteiger partial charge < -0.3 is 20.3 Å². The molecule has 13 heteroatoms. The number of nitrogens with one attached hydrogen (secondary N) is 2. The van der Waals surface area contributed by atoms with Crippen molar-refractivity contribution in [3.63, 3.8) is 0 Å². The van der Waals surface area contributed by atoms with Gasteiger partial charge in [0.05, 0.1) is 27.2 Å². The summed E-state index contributed by atoms with van der Waals surface area (Å²) in [5.74, 6) is -2.23. The van der Waals surface area contributed by atoms with Gasteiger partial charge in [-0.1, -0.05) is 48.1 Å². The molecule has 1 amide bonds. The van der Waals surface area contributed by atoms with Crippen LogP contribution in [0.1, 0.15) is 59.8 Å². The van der Waals surface area contributed by atoms with Crippen molar-refractivity contribution < 1.29 is 32.9 Å². The van der Waals surface area contributed by atoms with E-state index in [0.29, 0.717) is 0 Å². The van der Waals surface area contributed by atoms with Gasteiger partial charge in [0.1, 0.15) is 11.8 Å². The number of aryl methyl sites for hydroxylation is 1. The number of ether oxygens (including phenoxy) is 1. The van der Waals surface area contributed by atoms with Crippen LogP contribution in [0.4, 0.5) is 13.2 Å². The predicted octanol–water partition coefficient (Wildman–Crippen LogP) is 1.76. The zero-order valence-corrected chi connectivity index (χ0v) is 23.1. The average Bonchev–Trinajstić information content (AvgIpc) is 3.02. The molecule has 2 heterocycles. The van der Waals surface area contributed by atoms with Crippen molar-refractivity contribution in [2.45, 2.75) is 96.8 Å². The van der Waals surface area contributed by atoms with E-state index in [2.05, 4.69) is 4.98 Å². The number of aromatic nitrogens is 2. The van der Waals surface area contributed by atoms with E-state index in [1.54, 1.807) is 5.32 Å². The van der Waals surface area contributed by atoms with Crippen molar-refractivity contribution >= 4 is 14.7 Å². The molecule has 36 heavy (non-hydrogen) atoms. The summed E-state index contributed by atoms with van der Waals surface area (Å²) in [6.07, 6.45) is -6.90. The van der Waals surface area contributed by atoms with Crippen LogP contribution in [-0.4, -0.2) is 64.6 Å². The van der Waals surface area contributed by atoms with Gasteiger partial charge in [-0.3, -0.25) is 19.1 Å². The minimum Gasteiger partial charge on any atom is -0.394 e. The number of amides is 1. The Morgan fingerprint density at radius 3 is 2.25 bits per heavy atom. The second kappa shape index (κ2) is 10.1. The molecule has 1 aliphatic heterocycles. The fourth-order valence-corrected chi connectivity index (χ4v) is 10.9. The van der Waals surface area contributed by atoms with E-state index >= 15 is 0 Å². The molecule has 2 unspecified atom stereocenters. The largest absolute Gasteiger partial charge is 0.471 e. The molecular formula is C23H38F3N3O6Si. The van der Waals surface area contributed by atoms with Gasteiger partial charge in [0.15, 0.2) is 0 Å². The monoisotopic (exact) mass is 537 g/mol. The van der Waals surface area contributed by atoms with Gasteiger partial charge in [0.2, 0.25) is 0 Å². The molecule has 0 spiro atoms. The Kier molecular flexibility index (Phi) is 8.46. The number of hydrogen-bond acceptors (Lipinski definition) is 6. The smallest absolute Gasteiger partial charge is 0.394 e. The number of carbonyl (C=O) groups is 1. The van der Waals surface area contributed by atoms with Crippen LogP contribution in [0.3, 0.4) is 0 Å². The lowest BCUT2D eigenvalue weighted by Gasteiger charge is -2.49. The highest BCUT2D eigenvalue weighted by Crippen LogP contribution is 2.50. The number of carbonyl (C=O) groups excluding carboxylic acids is 1. The average molecular weight is 538 g/mol. The molecule has 0 aromatic carbocycles. The van der Waals surface area contributed by atoms with E-state index in [0.717, 1.165) is 4.57 Å². The van der Waals surface area contributed by atoms with Crippen LogP contribution in [0.15, 0.2) is 15.8 Å². The molecule has 1 fully saturated rings. The summed E-state index contributed by atoms with van der Waals surface area (Å²) < 4.78 is 46.0. The number of aliphatic hydroxyl groups excluding tert-OH is 2. The summed E-state index contributed by atoms with van der Waals surface area (Å²) in [7, 11) is -2.38. The quantitative estimate of drug-likeness (QED) is 0.409. The van der Waals surface area contributed by atoms with Crippen molar-refractivity contribution in [2.24, 2.45) is 10.8 Å². The molecule has 1 saturated heterocycles. The minimum absolute atomic E-state index is 0.0666. The number of alkyl halides is 3. The first-order valence-corrected chi connectivity index (χ1v) is 14.3. The summed E-state index contributed by atoms with van der Waals surface area (Å²) in [4.78, 5) is 38.0. The highest BCUT2D eigenvalue weighted by atomic mass is 28.3. The molecule has 1 aliphatic rings. The Balaban J connectivity index is 2.58. The van der Waals surface area contributed by atoms with Crippen LogP contribution in [-0.2, 0) is 9.53 Å². The zero-order valence-electron chi connectivity index (χ0n) is 22.0. The molecule has 1 aromatic rings. The number of aromatic amines is 1. The fourth-order valence-electron chi connectivity index (χ4n) is 6.09. The number of rotatable bonds is 6. The predicted molar refractivity (Wildman–Crippen MR) is 130 cm³/mol. The van der Waals surface area contributed by atoms with Crippen molar-refractivity contribution in [2.75, 3.05) is 6.54 Å². The van der Waals surface area contributed by atoms with Gasteiger partial charge >= 0.3 is 17.8 Å². The lowest BCUT2D eigenvalue weighted by Crippen LogP contribution is -2.64. The molecule has 0 saturated carbocycles. The molecule has 9 nitrogen and oxygen atoms in total. The topological polar surface area (TPSA) is 134 Å². The Labute approximate surface area is 209 Å². The van der Waals surface area contributed by atoms with Crippen LogP contribution in [0.2, 0.25) is 12.1 Å². The molecule has 206 valence electrons. The summed E-state index contributed by atoms with van der Waals surface area (Å²) >= 11 is 0. The van der Waals surface area contributed by atoms with Crippen LogP contribution in [0.25, 0.3) is 0 Å². The summed E-state index contributed by atoms with van der Waals surface area (Å²) in [5.41, 5.74) is -5.32. The van der Waals surface area contributed by atoms with E-state index in [1.165, 1.54) is 13.1 Å². The van der Waals surface area contributed by atoms with E-state index < -0.39 is 62.3 Å². The number of aliphatic hydroxyl groups is 2. The SMILES string of the molecule is Cc1cn([C@H]2C[C@H](O)[C@@](CNC(=O)C(F)(F)F)(C(O)[SiH](C)C(C(C)(C)C)C(C)(C)C)O2)c(=O)[nH]c1=O. The molecule has 2 rings (SSSR count). The number of H-pyrrole nitrogens is 1. The van der Waals surface area contributed by atoms with Gasteiger partial charge in [-0.05, 0) is 23.3 Å². The van der Waals surface area contributed by atoms with Gasteiger partial charge in [0, 0.05) is 18.2 Å². The Morgan fingerprint density at radius 2 is 1.78 bits per heavy atom. The van der Waals surface area contributed by atoms with E-state index in [9.17, 15) is 37.8 Å². The fraction of sp³-hybridized carbons (Fsp3) is 0.783. The zero-order chi connectivity index (χ0) is 28.0. The van der Waals surface area contributed by atoms with E-state index in [4.69, 9.17) is 4.74 Å². The summed E-state index contributed by atoms with van der Waals surface area (Å²) in [6.45, 7) is 14.5. The third kappa shape index (κ3) is 6.12. The third-order valence-electron chi connectivity index (χ3n) is 6.97. The second-order valence-corrected chi connectivity index (χ2v) is 15.0. The van der Waals surface area contributed by atoms with Crippen LogP contribution >= 0.6 is 0 Å². The van der Waals surface area contributed by atoms with Crippen molar-refractivity contribution in [3.05, 3.63) is 32.6 Å². The molecule has 0 bridgehead atoms. The maximum absolute atomic E-state index is 13.0. The first-order valence-electron chi connectivity index (χ1n) is 11.8. The normalized spacial score (nSPS) is 25.2. The highest BCUT2D eigenvalue weighted by Gasteiger charge is 2.58. The summed E-state index contributed by atoms with van der Waals surface area (Å²) in [6, 6.07) is 0. The molecule has 4 N–H and O–H groups in total. The Morgan fingerprint density at radius 1 is 1.25 bits per heavy atom. The van der Waals surface area contributed by atoms with E-state index in [1.807, 2.05) is 48.1 Å². The maximum atomic E-state index is 13.0. The van der Waals surface area contributed by atoms with Crippen molar-refractivity contribution in [3.8, 4) is 0 Å². The highest BCUT2D eigenvalue weighted by molar-refractivity contribution is 6.61. The minimum atomic E-state index is -5.18. The lowest BCUT2D eigenvalue weighted by molar-refractivity contribution is -0.178. The summed E-state index contributed by atoms with van der Waals surface area (Å²) in [5, 5.41) is 24.6. The maximum Gasteiger partial charge on any atom is 0.471 e. The standard InChI is InChI=1S/C23H38F3N3O6Si/c1-12-10-29(19(34)28-15(12)31)14-9-13(30)22(35-14,11-27-17(32)23(24,25)26)18(33)36(8)16(20(2,3)4)21(5,6)7/h10,13-14,16,18,30,33,36H,9,11H2,1-8H3,(H,27,32)(H,28,31,34)/t13-,14+,18?,22-,36?/m0/s1. The molecule has 0 aliphatic carbocycles.